The normalized spacial score (nSPS) is 17.8. The number of aryl methyl sites for hydroxylation is 2. The fourth-order valence-electron chi connectivity index (χ4n) is 3.33. The number of fused-ring (bicyclic) bond motifs is 1. The summed E-state index contributed by atoms with van der Waals surface area (Å²) in [7, 11) is 4.34. The zero-order valence-corrected chi connectivity index (χ0v) is 11.9. The third-order valence-corrected chi connectivity index (χ3v) is 4.18. The molecule has 0 aliphatic heterocycles. The third-order valence-electron chi connectivity index (χ3n) is 4.18. The van der Waals surface area contributed by atoms with Gasteiger partial charge in [0.2, 0.25) is 0 Å². The van der Waals surface area contributed by atoms with Crippen molar-refractivity contribution in [2.75, 3.05) is 20.6 Å². The number of hydrogen-bond acceptors (Lipinski definition) is 2. The van der Waals surface area contributed by atoms with E-state index in [2.05, 4.69) is 44.1 Å². The molecule has 0 saturated carbocycles. The van der Waals surface area contributed by atoms with Crippen LogP contribution < -0.4 is 5.73 Å². The summed E-state index contributed by atoms with van der Waals surface area (Å²) >= 11 is 0. The smallest absolute Gasteiger partial charge is 0.0368 e. The van der Waals surface area contributed by atoms with E-state index in [1.54, 1.807) is 11.1 Å². The van der Waals surface area contributed by atoms with Gasteiger partial charge in [0, 0.05) is 6.04 Å². The van der Waals surface area contributed by atoms with Crippen LogP contribution in [0, 0.1) is 5.92 Å². The van der Waals surface area contributed by atoms with Crippen molar-refractivity contribution in [1.29, 1.82) is 0 Å². The van der Waals surface area contributed by atoms with Gasteiger partial charge in [0.15, 0.2) is 0 Å². The molecule has 2 rings (SSSR count). The van der Waals surface area contributed by atoms with Gasteiger partial charge < -0.3 is 10.6 Å². The van der Waals surface area contributed by atoms with Gasteiger partial charge in [-0.05, 0) is 68.9 Å². The largest absolute Gasteiger partial charge is 0.330 e. The van der Waals surface area contributed by atoms with Crippen molar-refractivity contribution < 1.29 is 0 Å². The quantitative estimate of drug-likeness (QED) is 0.865. The minimum Gasteiger partial charge on any atom is -0.330 e. The predicted molar refractivity (Wildman–Crippen MR) is 77.7 cm³/mol. The highest BCUT2D eigenvalue weighted by Gasteiger charge is 2.22. The number of nitrogens with zero attached hydrogens (tertiary/aromatic N) is 1. The molecule has 2 heteroatoms. The monoisotopic (exact) mass is 246 g/mol. The lowest BCUT2D eigenvalue weighted by Gasteiger charge is -2.31. The molecule has 1 aromatic carbocycles. The molecule has 2 N–H and O–H groups in total. The number of benzene rings is 1. The predicted octanol–water partition coefficient (Wildman–Crippen LogP) is 2.76. The van der Waals surface area contributed by atoms with Crippen molar-refractivity contribution >= 4 is 0 Å². The molecule has 2 unspecified atom stereocenters. The lowest BCUT2D eigenvalue weighted by atomic mass is 9.89. The van der Waals surface area contributed by atoms with E-state index in [1.807, 2.05) is 0 Å². The number of rotatable bonds is 5. The molecule has 0 amide bonds. The zero-order chi connectivity index (χ0) is 13.1. The Labute approximate surface area is 111 Å². The molecular weight excluding hydrogens is 220 g/mol. The number of hydrogen-bond donors (Lipinski definition) is 1. The van der Waals surface area contributed by atoms with Gasteiger partial charge in [-0.1, -0.05) is 25.1 Å². The van der Waals surface area contributed by atoms with Gasteiger partial charge in [0.05, 0.1) is 0 Å². The summed E-state index contributed by atoms with van der Waals surface area (Å²) in [6.45, 7) is 3.08. The molecule has 1 aliphatic carbocycles. The third kappa shape index (κ3) is 2.76. The van der Waals surface area contributed by atoms with Crippen LogP contribution in [0.3, 0.4) is 0 Å². The second kappa shape index (κ2) is 5.85. The average molecular weight is 246 g/mol. The van der Waals surface area contributed by atoms with Gasteiger partial charge in [-0.15, -0.1) is 0 Å². The summed E-state index contributed by atoms with van der Waals surface area (Å²) in [5.41, 5.74) is 10.3. The van der Waals surface area contributed by atoms with Gasteiger partial charge >= 0.3 is 0 Å². The highest BCUT2D eigenvalue weighted by Crippen LogP contribution is 2.32. The summed E-state index contributed by atoms with van der Waals surface area (Å²) in [5, 5.41) is 0. The van der Waals surface area contributed by atoms with Crippen LogP contribution in [0.15, 0.2) is 18.2 Å². The van der Waals surface area contributed by atoms with Crippen LogP contribution in [-0.2, 0) is 12.8 Å². The highest BCUT2D eigenvalue weighted by molar-refractivity contribution is 5.36. The van der Waals surface area contributed by atoms with Crippen molar-refractivity contribution in [3.63, 3.8) is 0 Å². The van der Waals surface area contributed by atoms with Crippen molar-refractivity contribution in [3.8, 4) is 0 Å². The van der Waals surface area contributed by atoms with Crippen LogP contribution in [0.4, 0.5) is 0 Å². The van der Waals surface area contributed by atoms with Crippen LogP contribution in [0.25, 0.3) is 0 Å². The van der Waals surface area contributed by atoms with Crippen LogP contribution in [0.1, 0.15) is 42.5 Å². The minimum absolute atomic E-state index is 0.486. The Morgan fingerprint density at radius 3 is 2.61 bits per heavy atom. The maximum absolute atomic E-state index is 5.72. The van der Waals surface area contributed by atoms with E-state index in [0.29, 0.717) is 12.0 Å². The Kier molecular flexibility index (Phi) is 4.41. The summed E-state index contributed by atoms with van der Waals surface area (Å²) in [6, 6.07) is 7.57. The van der Waals surface area contributed by atoms with Crippen molar-refractivity contribution in [1.82, 2.24) is 4.90 Å². The molecule has 2 nitrogen and oxygen atoms in total. The van der Waals surface area contributed by atoms with Gasteiger partial charge in [0.25, 0.3) is 0 Å². The molecule has 0 heterocycles. The van der Waals surface area contributed by atoms with Crippen LogP contribution >= 0.6 is 0 Å². The van der Waals surface area contributed by atoms with Crippen LogP contribution in [0.2, 0.25) is 0 Å². The summed E-state index contributed by atoms with van der Waals surface area (Å²) in [4.78, 5) is 2.33. The van der Waals surface area contributed by atoms with Crippen molar-refractivity contribution in [3.05, 3.63) is 34.9 Å². The maximum atomic E-state index is 5.72. The maximum Gasteiger partial charge on any atom is 0.0368 e. The Morgan fingerprint density at radius 2 is 1.94 bits per heavy atom. The molecule has 18 heavy (non-hydrogen) atoms. The van der Waals surface area contributed by atoms with E-state index in [9.17, 15) is 0 Å². The lowest BCUT2D eigenvalue weighted by Crippen LogP contribution is -2.27. The van der Waals surface area contributed by atoms with E-state index < -0.39 is 0 Å². The molecule has 0 aromatic heterocycles. The van der Waals surface area contributed by atoms with Crippen molar-refractivity contribution in [2.24, 2.45) is 11.7 Å². The Balaban J connectivity index is 2.25. The second-order valence-corrected chi connectivity index (χ2v) is 5.84. The van der Waals surface area contributed by atoms with Gasteiger partial charge in [0.1, 0.15) is 0 Å². The molecule has 2 atom stereocenters. The highest BCUT2D eigenvalue weighted by atomic mass is 15.1. The van der Waals surface area contributed by atoms with E-state index >= 15 is 0 Å². The topological polar surface area (TPSA) is 29.3 Å². The zero-order valence-electron chi connectivity index (χ0n) is 11.9. The molecule has 1 aliphatic rings. The van der Waals surface area contributed by atoms with E-state index in [-0.39, 0.29) is 0 Å². The standard InChI is InChI=1S/C16H26N2/c1-12(9-10-17)16(18(2)3)15-8-7-13-5-4-6-14(13)11-15/h7-8,11-12,16H,4-6,9-10,17H2,1-3H3. The van der Waals surface area contributed by atoms with Gasteiger partial charge in [-0.2, -0.15) is 0 Å². The molecular formula is C16H26N2. The lowest BCUT2D eigenvalue weighted by molar-refractivity contribution is 0.216. The average Bonchev–Trinajstić information content (AvgIpc) is 2.76. The van der Waals surface area contributed by atoms with E-state index in [0.717, 1.165) is 13.0 Å². The first-order valence-electron chi connectivity index (χ1n) is 7.11. The first kappa shape index (κ1) is 13.6. The fraction of sp³-hybridized carbons (Fsp3) is 0.625. The Morgan fingerprint density at radius 1 is 1.22 bits per heavy atom. The molecule has 0 bridgehead atoms. The van der Waals surface area contributed by atoms with Gasteiger partial charge in [-0.25, -0.2) is 0 Å². The van der Waals surface area contributed by atoms with E-state index in [1.165, 1.54) is 24.8 Å². The minimum atomic E-state index is 0.486. The van der Waals surface area contributed by atoms with Crippen molar-refractivity contribution in [2.45, 2.75) is 38.6 Å². The first-order valence-corrected chi connectivity index (χ1v) is 7.11. The molecule has 0 spiro atoms. The Hall–Kier alpha value is -0.860. The molecule has 0 saturated heterocycles. The Bertz CT molecular complexity index is 398. The summed E-state index contributed by atoms with van der Waals surface area (Å²) in [5.74, 6) is 0.601. The SMILES string of the molecule is CC(CCN)C(c1ccc2c(c1)CCC2)N(C)C. The van der Waals surface area contributed by atoms with Crippen LogP contribution in [0.5, 0.6) is 0 Å². The summed E-state index contributed by atoms with van der Waals surface area (Å²) < 4.78 is 0. The fourth-order valence-corrected chi connectivity index (χ4v) is 3.33. The first-order chi connectivity index (χ1) is 8.63. The molecule has 0 fully saturated rings. The number of nitrogens with two attached hydrogens (primary N) is 1. The molecule has 0 radical (unpaired) electrons. The summed E-state index contributed by atoms with van der Waals surface area (Å²) in [6.07, 6.45) is 4.93. The van der Waals surface area contributed by atoms with Crippen LogP contribution in [-0.4, -0.2) is 25.5 Å². The molecule has 1 aromatic rings. The van der Waals surface area contributed by atoms with E-state index in [4.69, 9.17) is 5.73 Å². The van der Waals surface area contributed by atoms with Gasteiger partial charge in [-0.3, -0.25) is 0 Å². The second-order valence-electron chi connectivity index (χ2n) is 5.84. The molecule has 100 valence electrons.